The third-order valence-electron chi connectivity index (χ3n) is 3.46. The van der Waals surface area contributed by atoms with Gasteiger partial charge in [0.25, 0.3) is 0 Å². The monoisotopic (exact) mass is 270 g/mol. The van der Waals surface area contributed by atoms with E-state index in [1.807, 2.05) is 6.08 Å². The Bertz CT molecular complexity index is 270. The van der Waals surface area contributed by atoms with Gasteiger partial charge in [-0.25, -0.2) is 0 Å². The molecule has 1 fully saturated rings. The lowest BCUT2D eigenvalue weighted by Gasteiger charge is -2.35. The summed E-state index contributed by atoms with van der Waals surface area (Å²) >= 11 is 0. The van der Waals surface area contributed by atoms with Crippen molar-refractivity contribution >= 4 is 5.91 Å². The van der Waals surface area contributed by atoms with Gasteiger partial charge in [0.1, 0.15) is 0 Å². The molecule has 0 aliphatic carbocycles. The minimum atomic E-state index is -0.374. The van der Waals surface area contributed by atoms with Gasteiger partial charge in [-0.05, 0) is 32.4 Å². The fraction of sp³-hybridized carbons (Fsp3) is 0.786. The van der Waals surface area contributed by atoms with Crippen LogP contribution >= 0.6 is 0 Å². The average molecular weight is 270 g/mol. The average Bonchev–Trinajstić information content (AvgIpc) is 2.44. The summed E-state index contributed by atoms with van der Waals surface area (Å²) < 4.78 is 10.6. The van der Waals surface area contributed by atoms with Crippen LogP contribution in [0.3, 0.4) is 0 Å². The van der Waals surface area contributed by atoms with Crippen LogP contribution in [0.2, 0.25) is 0 Å². The number of amides is 1. The van der Waals surface area contributed by atoms with Crippen molar-refractivity contribution < 1.29 is 14.3 Å². The first kappa shape index (κ1) is 16.1. The van der Waals surface area contributed by atoms with E-state index in [9.17, 15) is 4.79 Å². The minimum absolute atomic E-state index is 0.0863. The maximum absolute atomic E-state index is 12.3. The van der Waals surface area contributed by atoms with E-state index in [1.165, 1.54) is 0 Å². The molecule has 1 amide bonds. The van der Waals surface area contributed by atoms with Gasteiger partial charge in [0.2, 0.25) is 5.91 Å². The number of carbonyl (C=O) groups is 1. The van der Waals surface area contributed by atoms with Crippen molar-refractivity contribution in [1.82, 2.24) is 10.6 Å². The number of nitrogens with one attached hydrogen (secondary N) is 2. The van der Waals surface area contributed by atoms with Crippen molar-refractivity contribution in [1.29, 1.82) is 0 Å². The van der Waals surface area contributed by atoms with Crippen molar-refractivity contribution in [3.8, 4) is 0 Å². The normalized spacial score (nSPS) is 17.9. The Morgan fingerprint density at radius 1 is 1.42 bits per heavy atom. The molecule has 1 heterocycles. The summed E-state index contributed by atoms with van der Waals surface area (Å²) in [4.78, 5) is 12.3. The number of rotatable bonds is 9. The molecule has 5 nitrogen and oxygen atoms in total. The molecule has 0 radical (unpaired) electrons. The highest BCUT2D eigenvalue weighted by molar-refractivity contribution is 5.83. The lowest BCUT2D eigenvalue weighted by molar-refractivity contribution is -0.136. The summed E-state index contributed by atoms with van der Waals surface area (Å²) in [5.41, 5.74) is -0.374. The second-order valence-electron chi connectivity index (χ2n) is 4.91. The van der Waals surface area contributed by atoms with Crippen molar-refractivity contribution in [3.05, 3.63) is 12.7 Å². The van der Waals surface area contributed by atoms with Crippen LogP contribution in [-0.4, -0.2) is 52.5 Å². The molecular weight excluding hydrogens is 244 g/mol. The Labute approximate surface area is 115 Å². The van der Waals surface area contributed by atoms with E-state index in [2.05, 4.69) is 17.2 Å². The largest absolute Gasteiger partial charge is 0.384 e. The van der Waals surface area contributed by atoms with Crippen LogP contribution in [-0.2, 0) is 14.3 Å². The molecule has 2 N–H and O–H groups in total. The maximum Gasteiger partial charge on any atom is 0.228 e. The van der Waals surface area contributed by atoms with Gasteiger partial charge in [0, 0.05) is 13.7 Å². The smallest absolute Gasteiger partial charge is 0.228 e. The molecule has 0 aromatic rings. The molecule has 1 aliphatic heterocycles. The van der Waals surface area contributed by atoms with Crippen LogP contribution in [0.5, 0.6) is 0 Å². The molecule has 5 heteroatoms. The van der Waals surface area contributed by atoms with E-state index < -0.39 is 0 Å². The molecule has 0 atom stereocenters. The topological polar surface area (TPSA) is 59.6 Å². The summed E-state index contributed by atoms with van der Waals surface area (Å²) in [6, 6.07) is 0. The van der Waals surface area contributed by atoms with Crippen molar-refractivity contribution in [3.63, 3.8) is 0 Å². The Morgan fingerprint density at radius 3 is 2.79 bits per heavy atom. The fourth-order valence-corrected chi connectivity index (χ4v) is 2.31. The minimum Gasteiger partial charge on any atom is -0.384 e. The van der Waals surface area contributed by atoms with Gasteiger partial charge < -0.3 is 20.1 Å². The zero-order chi connectivity index (χ0) is 14.0. The van der Waals surface area contributed by atoms with Gasteiger partial charge in [-0.3, -0.25) is 4.79 Å². The summed E-state index contributed by atoms with van der Waals surface area (Å²) in [5, 5.41) is 6.23. The molecule has 0 spiro atoms. The van der Waals surface area contributed by atoms with E-state index in [-0.39, 0.29) is 11.3 Å². The highest BCUT2D eigenvalue weighted by Crippen LogP contribution is 2.29. The van der Waals surface area contributed by atoms with Crippen LogP contribution in [0.15, 0.2) is 12.7 Å². The van der Waals surface area contributed by atoms with Gasteiger partial charge in [-0.15, -0.1) is 6.58 Å². The van der Waals surface area contributed by atoms with Crippen LogP contribution in [0, 0.1) is 5.41 Å². The maximum atomic E-state index is 12.3. The SMILES string of the molecule is C=CCCOCCNC(=O)C1(COC)CCNCC1. The zero-order valence-electron chi connectivity index (χ0n) is 11.9. The van der Waals surface area contributed by atoms with Crippen molar-refractivity contribution in [2.24, 2.45) is 5.41 Å². The molecule has 19 heavy (non-hydrogen) atoms. The van der Waals surface area contributed by atoms with E-state index in [0.29, 0.717) is 26.4 Å². The van der Waals surface area contributed by atoms with Crippen LogP contribution < -0.4 is 10.6 Å². The highest BCUT2D eigenvalue weighted by atomic mass is 16.5. The van der Waals surface area contributed by atoms with Gasteiger partial charge >= 0.3 is 0 Å². The van der Waals surface area contributed by atoms with E-state index in [0.717, 1.165) is 32.4 Å². The molecule has 0 aromatic heterocycles. The summed E-state index contributed by atoms with van der Waals surface area (Å²) in [7, 11) is 1.65. The van der Waals surface area contributed by atoms with Crippen molar-refractivity contribution in [2.45, 2.75) is 19.3 Å². The molecule has 1 saturated heterocycles. The molecule has 0 bridgehead atoms. The molecule has 0 saturated carbocycles. The predicted octanol–water partition coefficient (Wildman–Crippen LogP) is 0.712. The quantitative estimate of drug-likeness (QED) is 0.478. The fourth-order valence-electron chi connectivity index (χ4n) is 2.31. The molecule has 0 aromatic carbocycles. The Morgan fingerprint density at radius 2 is 2.16 bits per heavy atom. The lowest BCUT2D eigenvalue weighted by atomic mass is 9.78. The second kappa shape index (κ2) is 9.07. The number of carbonyl (C=O) groups excluding carboxylic acids is 1. The molecule has 1 rings (SSSR count). The summed E-state index contributed by atoms with van der Waals surface area (Å²) in [6.07, 6.45) is 4.31. The molecule has 1 aliphatic rings. The lowest BCUT2D eigenvalue weighted by Crippen LogP contribution is -2.50. The Kier molecular flexibility index (Phi) is 7.70. The number of methoxy groups -OCH3 is 1. The molecule has 110 valence electrons. The van der Waals surface area contributed by atoms with E-state index in [1.54, 1.807) is 7.11 Å². The van der Waals surface area contributed by atoms with Gasteiger partial charge in [-0.1, -0.05) is 6.08 Å². The number of hydrogen-bond acceptors (Lipinski definition) is 4. The zero-order valence-corrected chi connectivity index (χ0v) is 11.9. The Balaban J connectivity index is 2.29. The molecular formula is C14H26N2O3. The van der Waals surface area contributed by atoms with Crippen LogP contribution in [0.25, 0.3) is 0 Å². The number of hydrogen-bond donors (Lipinski definition) is 2. The second-order valence-corrected chi connectivity index (χ2v) is 4.91. The van der Waals surface area contributed by atoms with E-state index >= 15 is 0 Å². The summed E-state index contributed by atoms with van der Waals surface area (Å²) in [5.74, 6) is 0.0863. The summed E-state index contributed by atoms with van der Waals surface area (Å²) in [6.45, 7) is 7.60. The third kappa shape index (κ3) is 5.30. The van der Waals surface area contributed by atoms with Crippen LogP contribution in [0.4, 0.5) is 0 Å². The van der Waals surface area contributed by atoms with Gasteiger partial charge in [0.05, 0.1) is 25.2 Å². The number of ether oxygens (including phenoxy) is 2. The number of piperidine rings is 1. The first-order chi connectivity index (χ1) is 9.25. The van der Waals surface area contributed by atoms with Crippen molar-refractivity contribution in [2.75, 3.05) is 46.6 Å². The van der Waals surface area contributed by atoms with Crippen LogP contribution in [0.1, 0.15) is 19.3 Å². The highest BCUT2D eigenvalue weighted by Gasteiger charge is 2.39. The standard InChI is InChI=1S/C14H26N2O3/c1-3-4-10-19-11-9-16-13(17)14(12-18-2)5-7-15-8-6-14/h3,15H,1,4-12H2,2H3,(H,16,17). The van der Waals surface area contributed by atoms with Gasteiger partial charge in [0.15, 0.2) is 0 Å². The first-order valence-electron chi connectivity index (χ1n) is 6.92. The Hall–Kier alpha value is -0.910. The third-order valence-corrected chi connectivity index (χ3v) is 3.46. The molecule has 0 unspecified atom stereocenters. The van der Waals surface area contributed by atoms with Gasteiger partial charge in [-0.2, -0.15) is 0 Å². The van der Waals surface area contributed by atoms with E-state index in [4.69, 9.17) is 9.47 Å². The first-order valence-corrected chi connectivity index (χ1v) is 6.92. The predicted molar refractivity (Wildman–Crippen MR) is 75.1 cm³/mol.